The summed E-state index contributed by atoms with van der Waals surface area (Å²) < 4.78 is 35.7. The molecule has 80 valence electrons. The van der Waals surface area contributed by atoms with Crippen LogP contribution in [0.2, 0.25) is 0 Å². The fraction of sp³-hybridized carbons (Fsp3) is 0.667. The van der Waals surface area contributed by atoms with E-state index in [0.717, 1.165) is 16.2 Å². The van der Waals surface area contributed by atoms with Gasteiger partial charge in [0.15, 0.2) is 0 Å². The van der Waals surface area contributed by atoms with Gasteiger partial charge in [0.05, 0.1) is 13.1 Å². The van der Waals surface area contributed by atoms with Crippen LogP contribution in [0.5, 0.6) is 0 Å². The van der Waals surface area contributed by atoms with Crippen molar-refractivity contribution in [2.45, 2.75) is 12.7 Å². The molecule has 0 aromatic carbocycles. The second-order valence-electron chi connectivity index (χ2n) is 2.82. The van der Waals surface area contributed by atoms with E-state index in [2.05, 4.69) is 10.2 Å². The number of alkyl halides is 3. The van der Waals surface area contributed by atoms with Crippen molar-refractivity contribution in [3.8, 4) is 0 Å². The van der Waals surface area contributed by atoms with Crippen molar-refractivity contribution in [3.05, 3.63) is 5.01 Å². The Labute approximate surface area is 82.5 Å². The number of nitrogen functional groups attached to an aromatic ring is 1. The fourth-order valence-electron chi connectivity index (χ4n) is 0.923. The van der Waals surface area contributed by atoms with E-state index in [1.807, 2.05) is 0 Å². The Balaban J connectivity index is 2.45. The van der Waals surface area contributed by atoms with Crippen LogP contribution in [0.1, 0.15) is 5.01 Å². The van der Waals surface area contributed by atoms with Crippen molar-refractivity contribution in [2.24, 2.45) is 0 Å². The molecule has 0 amide bonds. The maximum Gasteiger partial charge on any atom is 0.401 e. The van der Waals surface area contributed by atoms with Crippen LogP contribution in [-0.4, -0.2) is 34.9 Å². The van der Waals surface area contributed by atoms with Crippen LogP contribution in [0.25, 0.3) is 0 Å². The summed E-state index contributed by atoms with van der Waals surface area (Å²) in [6.07, 6.45) is -4.19. The minimum absolute atomic E-state index is 0.106. The van der Waals surface area contributed by atoms with E-state index in [1.54, 1.807) is 0 Å². The average molecular weight is 226 g/mol. The molecule has 1 heterocycles. The van der Waals surface area contributed by atoms with Crippen LogP contribution in [0.4, 0.5) is 18.3 Å². The Hall–Kier alpha value is -0.890. The largest absolute Gasteiger partial charge is 0.401 e. The zero-order valence-corrected chi connectivity index (χ0v) is 8.19. The van der Waals surface area contributed by atoms with E-state index < -0.39 is 12.7 Å². The second kappa shape index (κ2) is 4.09. The summed E-state index contributed by atoms with van der Waals surface area (Å²) in [7, 11) is 1.37. The smallest absolute Gasteiger partial charge is 0.374 e. The maximum atomic E-state index is 11.9. The van der Waals surface area contributed by atoms with Gasteiger partial charge in [-0.1, -0.05) is 11.3 Å². The third kappa shape index (κ3) is 3.88. The molecule has 4 nitrogen and oxygen atoms in total. The lowest BCUT2D eigenvalue weighted by molar-refractivity contribution is -0.144. The monoisotopic (exact) mass is 226 g/mol. The summed E-state index contributed by atoms with van der Waals surface area (Å²) in [5, 5.41) is 7.87. The molecule has 0 aliphatic carbocycles. The van der Waals surface area contributed by atoms with Crippen LogP contribution in [-0.2, 0) is 6.54 Å². The molecule has 0 fully saturated rings. The van der Waals surface area contributed by atoms with Gasteiger partial charge in [-0.3, -0.25) is 4.90 Å². The molecule has 1 aromatic heterocycles. The predicted molar refractivity (Wildman–Crippen MR) is 46.7 cm³/mol. The van der Waals surface area contributed by atoms with Gasteiger partial charge in [-0.05, 0) is 7.05 Å². The number of nitrogens with two attached hydrogens (primary N) is 1. The minimum Gasteiger partial charge on any atom is -0.374 e. The van der Waals surface area contributed by atoms with Crippen molar-refractivity contribution in [2.75, 3.05) is 19.3 Å². The van der Waals surface area contributed by atoms with Crippen LogP contribution < -0.4 is 5.73 Å². The van der Waals surface area contributed by atoms with Crippen LogP contribution >= 0.6 is 11.3 Å². The Morgan fingerprint density at radius 1 is 1.43 bits per heavy atom. The quantitative estimate of drug-likeness (QED) is 0.839. The summed E-state index contributed by atoms with van der Waals surface area (Å²) in [6, 6.07) is 0. The number of hydrogen-bond acceptors (Lipinski definition) is 5. The van der Waals surface area contributed by atoms with Gasteiger partial charge in [0.1, 0.15) is 5.01 Å². The standard InChI is InChI=1S/C6H9F3N4S/c1-13(3-6(7,8)9)2-4-11-12-5(10)14-4/h2-3H2,1H3,(H2,10,12). The highest BCUT2D eigenvalue weighted by atomic mass is 32.1. The van der Waals surface area contributed by atoms with Gasteiger partial charge < -0.3 is 5.73 Å². The summed E-state index contributed by atoms with van der Waals surface area (Å²) in [5.74, 6) is 0. The number of nitrogens with zero attached hydrogens (tertiary/aromatic N) is 3. The summed E-state index contributed by atoms with van der Waals surface area (Å²) in [6.45, 7) is -0.860. The molecule has 0 aliphatic heterocycles. The molecule has 0 unspecified atom stereocenters. The van der Waals surface area contributed by atoms with Crippen LogP contribution in [0.3, 0.4) is 0 Å². The molecule has 0 saturated carbocycles. The molecule has 8 heteroatoms. The average Bonchev–Trinajstić information content (AvgIpc) is 2.30. The molecule has 1 rings (SSSR count). The Morgan fingerprint density at radius 2 is 2.07 bits per heavy atom. The van der Waals surface area contributed by atoms with Crippen LogP contribution in [0, 0.1) is 0 Å². The molecule has 0 radical (unpaired) electrons. The fourth-order valence-corrected chi connectivity index (χ4v) is 1.61. The SMILES string of the molecule is CN(Cc1nnc(N)s1)CC(F)(F)F. The topological polar surface area (TPSA) is 55.0 Å². The number of aromatic nitrogens is 2. The Kier molecular flexibility index (Phi) is 3.27. The van der Waals surface area contributed by atoms with Gasteiger partial charge in [-0.2, -0.15) is 13.2 Å². The van der Waals surface area contributed by atoms with Gasteiger partial charge in [0.25, 0.3) is 0 Å². The first kappa shape index (κ1) is 11.2. The Morgan fingerprint density at radius 3 is 2.50 bits per heavy atom. The molecule has 0 saturated heterocycles. The summed E-state index contributed by atoms with van der Waals surface area (Å²) in [5.41, 5.74) is 5.29. The number of halogens is 3. The van der Waals surface area contributed by atoms with E-state index in [4.69, 9.17) is 5.73 Å². The van der Waals surface area contributed by atoms with E-state index in [9.17, 15) is 13.2 Å². The van der Waals surface area contributed by atoms with E-state index >= 15 is 0 Å². The van der Waals surface area contributed by atoms with Gasteiger partial charge in [-0.25, -0.2) is 0 Å². The molecule has 0 spiro atoms. The van der Waals surface area contributed by atoms with E-state index in [-0.39, 0.29) is 11.7 Å². The van der Waals surface area contributed by atoms with E-state index in [1.165, 1.54) is 7.05 Å². The molecule has 14 heavy (non-hydrogen) atoms. The first-order valence-corrected chi connectivity index (χ1v) is 4.51. The van der Waals surface area contributed by atoms with Crippen molar-refractivity contribution in [1.29, 1.82) is 0 Å². The molecular weight excluding hydrogens is 217 g/mol. The molecule has 0 bridgehead atoms. The number of hydrogen-bond donors (Lipinski definition) is 1. The minimum atomic E-state index is -4.19. The normalized spacial score (nSPS) is 12.4. The van der Waals surface area contributed by atoms with Gasteiger partial charge >= 0.3 is 6.18 Å². The molecule has 2 N–H and O–H groups in total. The maximum absolute atomic E-state index is 11.9. The van der Waals surface area contributed by atoms with Crippen molar-refractivity contribution >= 4 is 16.5 Å². The number of anilines is 1. The van der Waals surface area contributed by atoms with Crippen molar-refractivity contribution in [3.63, 3.8) is 0 Å². The van der Waals surface area contributed by atoms with E-state index in [0.29, 0.717) is 5.01 Å². The Bertz CT molecular complexity index is 298. The van der Waals surface area contributed by atoms with Gasteiger partial charge in [-0.15, -0.1) is 10.2 Å². The lowest BCUT2D eigenvalue weighted by Gasteiger charge is -2.16. The highest BCUT2D eigenvalue weighted by Crippen LogP contribution is 2.18. The first-order valence-electron chi connectivity index (χ1n) is 3.70. The second-order valence-corrected chi connectivity index (χ2v) is 3.92. The molecular formula is C6H9F3N4S. The van der Waals surface area contributed by atoms with Crippen LogP contribution in [0.15, 0.2) is 0 Å². The summed E-state index contributed by atoms with van der Waals surface area (Å²) >= 11 is 1.09. The third-order valence-electron chi connectivity index (χ3n) is 1.34. The zero-order valence-electron chi connectivity index (χ0n) is 7.38. The van der Waals surface area contributed by atoms with Gasteiger partial charge in [0.2, 0.25) is 5.13 Å². The van der Waals surface area contributed by atoms with Gasteiger partial charge in [0, 0.05) is 0 Å². The van der Waals surface area contributed by atoms with Crippen molar-refractivity contribution in [1.82, 2.24) is 15.1 Å². The summed E-state index contributed by atoms with van der Waals surface area (Å²) in [4.78, 5) is 1.11. The highest BCUT2D eigenvalue weighted by Gasteiger charge is 2.29. The predicted octanol–water partition coefficient (Wildman–Crippen LogP) is 1.11. The number of rotatable bonds is 3. The highest BCUT2D eigenvalue weighted by molar-refractivity contribution is 7.15. The molecule has 0 atom stereocenters. The van der Waals surface area contributed by atoms with Crippen molar-refractivity contribution < 1.29 is 13.2 Å². The third-order valence-corrected chi connectivity index (χ3v) is 2.07. The first-order chi connectivity index (χ1) is 6.37. The molecule has 1 aromatic rings. The molecule has 0 aliphatic rings. The lowest BCUT2D eigenvalue weighted by atomic mass is 10.5. The zero-order chi connectivity index (χ0) is 10.8. The lowest BCUT2D eigenvalue weighted by Crippen LogP contribution is -2.30.